The summed E-state index contributed by atoms with van der Waals surface area (Å²) in [5, 5.41) is 2.28. The van der Waals surface area contributed by atoms with Crippen LogP contribution in [-0.4, -0.2) is 26.2 Å². The number of para-hydroxylation sites is 2. The molecule has 3 aromatic rings. The van der Waals surface area contributed by atoms with E-state index in [-0.39, 0.29) is 0 Å². The van der Waals surface area contributed by atoms with Crippen LogP contribution in [0, 0.1) is 10.2 Å². The summed E-state index contributed by atoms with van der Waals surface area (Å²) in [5.74, 6) is 2.67. The molecule has 0 aromatic heterocycles. The lowest BCUT2D eigenvalue weighted by Gasteiger charge is -2.26. The monoisotopic (exact) mass is 640 g/mol. The van der Waals surface area contributed by atoms with Gasteiger partial charge in [-0.2, -0.15) is 0 Å². The van der Waals surface area contributed by atoms with Gasteiger partial charge in [0.1, 0.15) is 35.9 Å². The van der Waals surface area contributed by atoms with Gasteiger partial charge >= 0.3 is 0 Å². The Morgan fingerprint density at radius 3 is 2.11 bits per heavy atom. The van der Waals surface area contributed by atoms with Crippen molar-refractivity contribution in [1.29, 1.82) is 0 Å². The molecule has 2 aliphatic heterocycles. The van der Waals surface area contributed by atoms with E-state index in [0.29, 0.717) is 0 Å². The molecule has 3 aromatic carbocycles. The third-order valence-corrected chi connectivity index (χ3v) is 8.09. The Hall–Kier alpha value is -4.44. The van der Waals surface area contributed by atoms with Crippen molar-refractivity contribution in [2.45, 2.75) is 27.7 Å². The van der Waals surface area contributed by atoms with Crippen LogP contribution in [0.5, 0.6) is 11.5 Å². The van der Waals surface area contributed by atoms with Crippen molar-refractivity contribution in [3.05, 3.63) is 119 Å². The lowest BCUT2D eigenvalue weighted by atomic mass is 9.92. The van der Waals surface area contributed by atoms with Gasteiger partial charge in [-0.05, 0) is 69.2 Å². The Balaban J connectivity index is 0.000000775. The molecule has 9 heteroatoms. The van der Waals surface area contributed by atoms with E-state index in [9.17, 15) is 0 Å². The van der Waals surface area contributed by atoms with Crippen molar-refractivity contribution in [3.63, 3.8) is 0 Å². The van der Waals surface area contributed by atoms with E-state index in [2.05, 4.69) is 116 Å². The van der Waals surface area contributed by atoms with Crippen LogP contribution in [-0.2, 0) is 0 Å². The van der Waals surface area contributed by atoms with E-state index < -0.39 is 10.2 Å². The first-order valence-corrected chi connectivity index (χ1v) is 16.6. The topological polar surface area (TPSA) is 121 Å². The fourth-order valence-corrected chi connectivity index (χ4v) is 5.89. The van der Waals surface area contributed by atoms with Crippen molar-refractivity contribution in [1.82, 2.24) is 4.58 Å². The summed E-state index contributed by atoms with van der Waals surface area (Å²) in [4.78, 5) is 2.34. The first kappa shape index (κ1) is 32.9. The molecule has 8 nitrogen and oxygen atoms in total. The minimum absolute atomic E-state index is 0.884. The number of fused-ring (bicyclic) bond motifs is 4. The highest BCUT2D eigenvalue weighted by molar-refractivity contribution is 5.95. The Bertz CT molecular complexity index is 1920. The van der Waals surface area contributed by atoms with Crippen molar-refractivity contribution in [2.75, 3.05) is 31.1 Å². The van der Waals surface area contributed by atoms with Gasteiger partial charge in [-0.1, -0.05) is 54.6 Å². The van der Waals surface area contributed by atoms with E-state index in [0.717, 1.165) is 82.2 Å². The van der Waals surface area contributed by atoms with E-state index >= 15 is 0 Å². The second-order valence-corrected chi connectivity index (χ2v) is 11.4. The smallest absolute Gasteiger partial charge is 0.203 e. The van der Waals surface area contributed by atoms with Gasteiger partial charge in [0.2, 0.25) is 5.36 Å². The molecule has 0 atom stereocenters. The van der Waals surface area contributed by atoms with Crippen LogP contribution in [0.25, 0.3) is 33.9 Å². The quantitative estimate of drug-likeness (QED) is 0.193. The Morgan fingerprint density at radius 2 is 1.39 bits per heavy atom. The third kappa shape index (κ3) is 7.33. The van der Waals surface area contributed by atoms with E-state index in [1.165, 1.54) is 11.0 Å². The third-order valence-electron chi connectivity index (χ3n) is 8.09. The van der Waals surface area contributed by atoms with Crippen LogP contribution in [0.15, 0.2) is 101 Å². The summed E-state index contributed by atoms with van der Waals surface area (Å²) < 4.78 is 49.1. The van der Waals surface area contributed by atoms with E-state index in [4.69, 9.17) is 27.8 Å². The maximum atomic E-state index is 8.49. The van der Waals surface area contributed by atoms with Crippen LogP contribution in [0.1, 0.15) is 44.4 Å². The van der Waals surface area contributed by atoms with E-state index in [1.807, 2.05) is 24.3 Å². The fourth-order valence-electron chi connectivity index (χ4n) is 5.89. The molecule has 3 aliphatic rings. The highest BCUT2D eigenvalue weighted by Gasteiger charge is 2.22. The van der Waals surface area contributed by atoms with Crippen molar-refractivity contribution < 1.29 is 38.0 Å². The summed E-state index contributed by atoms with van der Waals surface area (Å²) in [6.45, 7) is 12.6. The summed E-state index contributed by atoms with van der Waals surface area (Å²) in [7, 11) is -4.94. The average molecular weight is 641 g/mol. The second kappa shape index (κ2) is 14.3. The number of benzene rings is 4. The minimum atomic E-state index is -4.94. The molecule has 0 spiro atoms. The normalized spacial score (nSPS) is 13.3. The van der Waals surface area contributed by atoms with Gasteiger partial charge in [0, 0.05) is 53.0 Å². The van der Waals surface area contributed by atoms with Crippen molar-refractivity contribution >= 4 is 28.3 Å². The zero-order valence-corrected chi connectivity index (χ0v) is 27.1. The highest BCUT2D eigenvalue weighted by Crippen LogP contribution is 2.45. The molecule has 0 saturated heterocycles. The molecule has 0 radical (unpaired) electrons. The molecular formula is C37H37ClN2O6. The molecule has 46 heavy (non-hydrogen) atoms. The molecular weight excluding hydrogens is 604 g/mol. The highest BCUT2D eigenvalue weighted by atomic mass is 35.7. The number of nitrogens with zero attached hydrogens (tertiary/aromatic N) is 2. The Morgan fingerprint density at radius 1 is 0.739 bits per heavy atom. The molecule has 0 unspecified atom stereocenters. The standard InChI is InChI=1S/C37H37N2O2.ClHO4/c1-5-38(6-2)26-20-22-32-28(30-14-9-11-18-34(30)40-36(32)24-26)16-13-17-29-31-15-10-12-19-35(31)41-37-25-27(21-23-33(29)37)39(7-3)8-4;2-1(3,4)5/h9-25H,5-8H2,1-4H3;(H,2,3,4,5)/q+1;/p-1. The summed E-state index contributed by atoms with van der Waals surface area (Å²) >= 11 is 0. The Labute approximate surface area is 271 Å². The molecule has 2 heterocycles. The molecule has 0 bridgehead atoms. The summed E-state index contributed by atoms with van der Waals surface area (Å²) in [5.41, 5.74) is 7.68. The molecule has 0 amide bonds. The van der Waals surface area contributed by atoms with Gasteiger partial charge in [0.05, 0.1) is 6.07 Å². The van der Waals surface area contributed by atoms with Gasteiger partial charge in [0.15, 0.2) is 0 Å². The summed E-state index contributed by atoms with van der Waals surface area (Å²) in [6.07, 6.45) is 6.59. The maximum absolute atomic E-state index is 8.49. The maximum Gasteiger partial charge on any atom is 0.203 e. The van der Waals surface area contributed by atoms with Crippen LogP contribution in [0.4, 0.5) is 5.69 Å². The molecule has 0 saturated carbocycles. The second-order valence-electron chi connectivity index (χ2n) is 10.6. The SMILES string of the molecule is CCN(CC)c1ccc2c(c1)Oc1ccccc1/C2=C\C=C\c1c2ccc(=[N+](CC)CC)cc-2oc2ccccc12.[O-][Cl+3]([O-])([O-])[O-]. The number of hydrogen-bond donors (Lipinski definition) is 0. The Kier molecular flexibility index (Phi) is 10.3. The van der Waals surface area contributed by atoms with Crippen molar-refractivity contribution in [2.24, 2.45) is 0 Å². The first-order chi connectivity index (χ1) is 22.1. The predicted molar refractivity (Wildman–Crippen MR) is 172 cm³/mol. The van der Waals surface area contributed by atoms with Crippen LogP contribution < -0.4 is 38.2 Å². The number of allylic oxidation sites excluding steroid dienone is 2. The fraction of sp³-hybridized carbons (Fsp3) is 0.216. The van der Waals surface area contributed by atoms with Crippen molar-refractivity contribution in [3.8, 4) is 22.8 Å². The lowest BCUT2D eigenvalue weighted by Crippen LogP contribution is -2.68. The number of anilines is 1. The van der Waals surface area contributed by atoms with Crippen LogP contribution in [0.3, 0.4) is 0 Å². The van der Waals surface area contributed by atoms with Crippen LogP contribution >= 0.6 is 0 Å². The zero-order chi connectivity index (χ0) is 32.8. The molecule has 0 N–H and O–H groups in total. The molecule has 0 fully saturated rings. The first-order valence-electron chi connectivity index (χ1n) is 15.3. The van der Waals surface area contributed by atoms with Gasteiger partial charge in [-0.15, -0.1) is 10.2 Å². The number of ether oxygens (including phenoxy) is 1. The lowest BCUT2D eigenvalue weighted by molar-refractivity contribution is -2.00. The van der Waals surface area contributed by atoms with Gasteiger partial charge in [-0.3, -0.25) is 0 Å². The average Bonchev–Trinajstić information content (AvgIpc) is 3.04. The predicted octanol–water partition coefficient (Wildman–Crippen LogP) is 3.69. The van der Waals surface area contributed by atoms with Gasteiger partial charge in [0.25, 0.3) is 0 Å². The molecule has 238 valence electrons. The minimum Gasteiger partial charge on any atom is -0.456 e. The molecule has 1 aliphatic carbocycles. The largest absolute Gasteiger partial charge is 0.456 e. The zero-order valence-electron chi connectivity index (χ0n) is 26.4. The van der Waals surface area contributed by atoms with E-state index in [1.54, 1.807) is 0 Å². The summed E-state index contributed by atoms with van der Waals surface area (Å²) in [6, 6.07) is 29.7. The van der Waals surface area contributed by atoms with Gasteiger partial charge in [-0.25, -0.2) is 23.2 Å². The number of halogens is 1. The number of hydrogen-bond acceptors (Lipinski definition) is 7. The molecule has 6 rings (SSSR count). The van der Waals surface area contributed by atoms with Crippen LogP contribution in [0.2, 0.25) is 0 Å². The number of rotatable bonds is 7. The van der Waals surface area contributed by atoms with Gasteiger partial charge < -0.3 is 14.1 Å².